The van der Waals surface area contributed by atoms with Crippen LogP contribution in [0.5, 0.6) is 5.75 Å². The average Bonchev–Trinajstić information content (AvgIpc) is 3.82. The Morgan fingerprint density at radius 3 is 2.59 bits per heavy atom. The Morgan fingerprint density at radius 2 is 1.84 bits per heavy atom. The SMILES string of the molecule is N#Cc1ccc(OCC2CN(Cc3ccc(-c4cccc5nc(NC6OC6C6CC6)nn45)cc3)C2)cc1. The Balaban J connectivity index is 0.939. The molecule has 7 rings (SSSR count). The first kappa shape index (κ1) is 22.3. The molecule has 1 N–H and O–H groups in total. The van der Waals surface area contributed by atoms with Gasteiger partial charge in [-0.1, -0.05) is 30.3 Å². The highest BCUT2D eigenvalue weighted by atomic mass is 16.6. The van der Waals surface area contributed by atoms with Crippen LogP contribution in [-0.2, 0) is 11.3 Å². The Kier molecular flexibility index (Phi) is 5.53. The number of anilines is 1. The van der Waals surface area contributed by atoms with Crippen LogP contribution in [0.2, 0.25) is 0 Å². The van der Waals surface area contributed by atoms with Gasteiger partial charge in [0.1, 0.15) is 11.9 Å². The van der Waals surface area contributed by atoms with Crippen LogP contribution in [0.3, 0.4) is 0 Å². The number of nitrogens with one attached hydrogen (secondary N) is 1. The number of hydrogen-bond acceptors (Lipinski definition) is 7. The molecule has 0 amide bonds. The molecule has 1 aliphatic carbocycles. The van der Waals surface area contributed by atoms with Gasteiger partial charge in [-0.2, -0.15) is 10.2 Å². The zero-order valence-corrected chi connectivity index (χ0v) is 20.5. The van der Waals surface area contributed by atoms with Crippen LogP contribution in [0, 0.1) is 23.2 Å². The van der Waals surface area contributed by atoms with Crippen LogP contribution in [0.1, 0.15) is 24.0 Å². The quantitative estimate of drug-likeness (QED) is 0.348. The van der Waals surface area contributed by atoms with Crippen LogP contribution < -0.4 is 10.1 Å². The van der Waals surface area contributed by atoms with Crippen molar-refractivity contribution < 1.29 is 9.47 Å². The van der Waals surface area contributed by atoms with Gasteiger partial charge < -0.3 is 14.8 Å². The standard InChI is InChI=1S/C29H28N6O2/c30-14-19-6-12-24(13-7-19)36-18-21-16-34(17-21)15-20-4-8-22(9-5-20)25-2-1-3-26-31-29(33-35(25)26)32-28-27(37-28)23-10-11-23/h1-9,12-13,21,23,27-28H,10-11,15-18H2,(H,32,33). The maximum atomic E-state index is 8.90. The number of aromatic nitrogens is 3. The van der Waals surface area contributed by atoms with Crippen molar-refractivity contribution in [2.24, 2.45) is 11.8 Å². The molecule has 3 fully saturated rings. The molecule has 1 saturated carbocycles. The number of nitrogens with zero attached hydrogens (tertiary/aromatic N) is 5. The van der Waals surface area contributed by atoms with E-state index in [0.717, 1.165) is 42.3 Å². The highest BCUT2D eigenvalue weighted by Gasteiger charge is 2.50. The fraction of sp³-hybridized carbons (Fsp3) is 0.345. The second-order valence-corrected chi connectivity index (χ2v) is 10.3. The summed E-state index contributed by atoms with van der Waals surface area (Å²) < 4.78 is 13.5. The molecule has 3 aliphatic rings. The Hall–Kier alpha value is -3.93. The molecule has 0 spiro atoms. The summed E-state index contributed by atoms with van der Waals surface area (Å²) in [5.74, 6) is 2.69. The van der Waals surface area contributed by atoms with Gasteiger partial charge in [-0.25, -0.2) is 4.52 Å². The predicted molar refractivity (Wildman–Crippen MR) is 139 cm³/mol. The van der Waals surface area contributed by atoms with Gasteiger partial charge in [0, 0.05) is 31.1 Å². The van der Waals surface area contributed by atoms with E-state index >= 15 is 0 Å². The molecule has 2 unspecified atom stereocenters. The molecule has 0 radical (unpaired) electrons. The van der Waals surface area contributed by atoms with Crippen molar-refractivity contribution in [3.05, 3.63) is 77.9 Å². The van der Waals surface area contributed by atoms with Crippen molar-refractivity contribution in [2.75, 3.05) is 25.0 Å². The number of likely N-dealkylation sites (tertiary alicyclic amines) is 1. The molecular formula is C29H28N6O2. The summed E-state index contributed by atoms with van der Waals surface area (Å²) in [5, 5.41) is 16.9. The van der Waals surface area contributed by atoms with Crippen LogP contribution in [0.25, 0.3) is 16.9 Å². The van der Waals surface area contributed by atoms with E-state index in [-0.39, 0.29) is 6.23 Å². The fourth-order valence-corrected chi connectivity index (χ4v) is 5.13. The maximum Gasteiger partial charge on any atom is 0.245 e. The molecule has 2 saturated heterocycles. The van der Waals surface area contributed by atoms with Gasteiger partial charge >= 0.3 is 0 Å². The average molecular weight is 493 g/mol. The van der Waals surface area contributed by atoms with Crippen molar-refractivity contribution in [1.29, 1.82) is 5.26 Å². The third-order valence-corrected chi connectivity index (χ3v) is 7.40. The van der Waals surface area contributed by atoms with Gasteiger partial charge in [0.25, 0.3) is 0 Å². The van der Waals surface area contributed by atoms with Gasteiger partial charge in [-0.05, 0) is 60.7 Å². The molecule has 186 valence electrons. The topological polar surface area (TPSA) is 91.0 Å². The van der Waals surface area contributed by atoms with E-state index in [2.05, 4.69) is 51.6 Å². The van der Waals surface area contributed by atoms with Crippen molar-refractivity contribution in [1.82, 2.24) is 19.5 Å². The summed E-state index contributed by atoms with van der Waals surface area (Å²) in [5.41, 5.74) is 4.90. The minimum absolute atomic E-state index is 0.0521. The summed E-state index contributed by atoms with van der Waals surface area (Å²) in [4.78, 5) is 7.09. The molecule has 2 atom stereocenters. The molecule has 2 aromatic heterocycles. The van der Waals surface area contributed by atoms with E-state index in [1.54, 1.807) is 12.1 Å². The number of hydrogen-bond donors (Lipinski definition) is 1. The molecule has 8 heteroatoms. The van der Waals surface area contributed by atoms with Crippen molar-refractivity contribution >= 4 is 11.6 Å². The lowest BCUT2D eigenvalue weighted by molar-refractivity contribution is 0.0558. The van der Waals surface area contributed by atoms with E-state index in [1.165, 1.54) is 18.4 Å². The zero-order chi connectivity index (χ0) is 24.8. The van der Waals surface area contributed by atoms with E-state index in [1.807, 2.05) is 28.8 Å². The predicted octanol–water partition coefficient (Wildman–Crippen LogP) is 4.33. The second kappa shape index (κ2) is 9.18. The van der Waals surface area contributed by atoms with E-state index in [9.17, 15) is 0 Å². The lowest BCUT2D eigenvalue weighted by Gasteiger charge is -2.39. The molecule has 4 heterocycles. The summed E-state index contributed by atoms with van der Waals surface area (Å²) in [6, 6.07) is 24.2. The van der Waals surface area contributed by atoms with Crippen LogP contribution >= 0.6 is 0 Å². The van der Waals surface area contributed by atoms with Crippen molar-refractivity contribution in [3.8, 4) is 23.1 Å². The molecule has 37 heavy (non-hydrogen) atoms. The van der Waals surface area contributed by atoms with Gasteiger partial charge in [-0.15, -0.1) is 5.10 Å². The fourth-order valence-electron chi connectivity index (χ4n) is 5.13. The lowest BCUT2D eigenvalue weighted by atomic mass is 9.99. The minimum Gasteiger partial charge on any atom is -0.493 e. The van der Waals surface area contributed by atoms with E-state index < -0.39 is 0 Å². The third kappa shape index (κ3) is 4.76. The molecule has 4 aromatic rings. The number of nitriles is 1. The normalized spacial score (nSPS) is 21.4. The Bertz CT molecular complexity index is 1450. The molecule has 8 nitrogen and oxygen atoms in total. The third-order valence-electron chi connectivity index (χ3n) is 7.40. The first-order valence-electron chi connectivity index (χ1n) is 12.9. The van der Waals surface area contributed by atoms with Crippen molar-refractivity contribution in [2.45, 2.75) is 31.7 Å². The monoisotopic (exact) mass is 492 g/mol. The largest absolute Gasteiger partial charge is 0.493 e. The van der Waals surface area contributed by atoms with Gasteiger partial charge in [0.15, 0.2) is 11.9 Å². The number of fused-ring (bicyclic) bond motifs is 1. The number of benzene rings is 2. The summed E-state index contributed by atoms with van der Waals surface area (Å²) >= 11 is 0. The number of ether oxygens (including phenoxy) is 2. The summed E-state index contributed by atoms with van der Waals surface area (Å²) in [6.07, 6.45) is 2.93. The van der Waals surface area contributed by atoms with Gasteiger partial charge in [0.2, 0.25) is 5.95 Å². The molecular weight excluding hydrogens is 464 g/mol. The first-order chi connectivity index (χ1) is 18.2. The molecule has 0 bridgehead atoms. The smallest absolute Gasteiger partial charge is 0.245 e. The lowest BCUT2D eigenvalue weighted by Crippen LogP contribution is -2.48. The van der Waals surface area contributed by atoms with Crippen LogP contribution in [0.15, 0.2) is 66.7 Å². The molecule has 2 aromatic carbocycles. The van der Waals surface area contributed by atoms with E-state index in [0.29, 0.717) is 36.1 Å². The second-order valence-electron chi connectivity index (χ2n) is 10.3. The van der Waals surface area contributed by atoms with Gasteiger partial charge in [-0.3, -0.25) is 4.90 Å². The van der Waals surface area contributed by atoms with Gasteiger partial charge in [0.05, 0.1) is 23.9 Å². The Morgan fingerprint density at radius 1 is 1.03 bits per heavy atom. The summed E-state index contributed by atoms with van der Waals surface area (Å²) in [6.45, 7) is 3.68. The number of pyridine rings is 1. The van der Waals surface area contributed by atoms with E-state index in [4.69, 9.17) is 19.8 Å². The van der Waals surface area contributed by atoms with Crippen LogP contribution in [-0.4, -0.2) is 51.5 Å². The Labute approximate surface area is 215 Å². The first-order valence-corrected chi connectivity index (χ1v) is 12.9. The minimum atomic E-state index is 0.0521. The number of rotatable bonds is 9. The highest BCUT2D eigenvalue weighted by Crippen LogP contribution is 2.44. The van der Waals surface area contributed by atoms with Crippen molar-refractivity contribution in [3.63, 3.8) is 0 Å². The molecule has 2 aliphatic heterocycles. The highest BCUT2D eigenvalue weighted by molar-refractivity contribution is 5.64. The van der Waals surface area contributed by atoms with Crippen LogP contribution in [0.4, 0.5) is 5.95 Å². The maximum absolute atomic E-state index is 8.90. The number of epoxide rings is 1. The zero-order valence-electron chi connectivity index (χ0n) is 20.5. The summed E-state index contributed by atoms with van der Waals surface area (Å²) in [7, 11) is 0.